The van der Waals surface area contributed by atoms with Crippen molar-refractivity contribution in [3.63, 3.8) is 0 Å². The summed E-state index contributed by atoms with van der Waals surface area (Å²) in [6.45, 7) is 3.17. The van der Waals surface area contributed by atoms with Gasteiger partial charge in [0.2, 0.25) is 0 Å². The van der Waals surface area contributed by atoms with E-state index in [-0.39, 0.29) is 35.7 Å². The van der Waals surface area contributed by atoms with E-state index < -0.39 is 23.5 Å². The van der Waals surface area contributed by atoms with Crippen molar-refractivity contribution in [3.05, 3.63) is 81.7 Å². The van der Waals surface area contributed by atoms with Gasteiger partial charge in [-0.05, 0) is 37.0 Å². The topological polar surface area (TPSA) is 52.6 Å². The van der Waals surface area contributed by atoms with Crippen LogP contribution >= 0.6 is 0 Å². The van der Waals surface area contributed by atoms with Gasteiger partial charge in [-0.2, -0.15) is 13.2 Å². The highest BCUT2D eigenvalue weighted by molar-refractivity contribution is 6.12. The van der Waals surface area contributed by atoms with E-state index in [9.17, 15) is 22.8 Å². The Kier molecular flexibility index (Phi) is 5.77. The predicted octanol–water partition coefficient (Wildman–Crippen LogP) is 4.59. The zero-order valence-electron chi connectivity index (χ0n) is 15.9. The Labute approximate surface area is 166 Å². The highest BCUT2D eigenvalue weighted by Crippen LogP contribution is 2.46. The number of carbonyl (C=O) groups is 2. The molecule has 4 nitrogen and oxygen atoms in total. The number of hydrogen-bond donors (Lipinski definition) is 0. The smallest absolute Gasteiger partial charge is 0.455 e. The van der Waals surface area contributed by atoms with Crippen LogP contribution in [0.3, 0.4) is 0 Å². The second kappa shape index (κ2) is 8.11. The fraction of sp³-hybridized carbons (Fsp3) is 0.273. The van der Waals surface area contributed by atoms with Gasteiger partial charge in [0.05, 0.1) is 18.8 Å². The minimum Gasteiger partial charge on any atom is -0.492 e. The average Bonchev–Trinajstić information content (AvgIpc) is 2.79. The molecule has 29 heavy (non-hydrogen) atoms. The Hall–Kier alpha value is -3.09. The molecule has 2 bridgehead atoms. The molecule has 3 aliphatic carbocycles. The molecule has 0 heterocycles. The number of esters is 1. The van der Waals surface area contributed by atoms with E-state index in [0.29, 0.717) is 12.0 Å². The average molecular weight is 404 g/mol. The molecule has 0 aromatic heterocycles. The highest BCUT2D eigenvalue weighted by Gasteiger charge is 2.48. The van der Waals surface area contributed by atoms with Gasteiger partial charge in [-0.15, -0.1) is 0 Å². The maximum absolute atomic E-state index is 13.4. The molecule has 7 heteroatoms. The van der Waals surface area contributed by atoms with E-state index in [2.05, 4.69) is 0 Å². The first-order valence-corrected chi connectivity index (χ1v) is 9.15. The van der Waals surface area contributed by atoms with Crippen LogP contribution in [-0.2, 0) is 19.1 Å². The number of hydrogen-bond acceptors (Lipinski definition) is 4. The molecule has 152 valence electrons. The van der Waals surface area contributed by atoms with Crippen molar-refractivity contribution in [1.29, 1.82) is 0 Å². The third-order valence-corrected chi connectivity index (χ3v) is 4.50. The summed E-state index contributed by atoms with van der Waals surface area (Å²) in [5.41, 5.74) is 0.944. The van der Waals surface area contributed by atoms with Crippen LogP contribution in [0.2, 0.25) is 0 Å². The van der Waals surface area contributed by atoms with Crippen LogP contribution in [0.15, 0.2) is 81.7 Å². The lowest BCUT2D eigenvalue weighted by atomic mass is 9.87. The summed E-state index contributed by atoms with van der Waals surface area (Å²) in [7, 11) is 0. The molecule has 0 saturated heterocycles. The zero-order valence-corrected chi connectivity index (χ0v) is 15.9. The van der Waals surface area contributed by atoms with Crippen LogP contribution in [0.25, 0.3) is 0 Å². The molecule has 3 rings (SSSR count). The van der Waals surface area contributed by atoms with Crippen molar-refractivity contribution >= 4 is 11.8 Å². The van der Waals surface area contributed by atoms with E-state index in [0.717, 1.165) is 5.57 Å². The zero-order chi connectivity index (χ0) is 21.2. The quantitative estimate of drug-likeness (QED) is 0.629. The van der Waals surface area contributed by atoms with Crippen molar-refractivity contribution in [2.45, 2.75) is 26.4 Å². The van der Waals surface area contributed by atoms with Gasteiger partial charge in [-0.3, -0.25) is 4.79 Å². The maximum atomic E-state index is 13.4. The number of halogens is 3. The van der Waals surface area contributed by atoms with Crippen LogP contribution in [0, 0.1) is 0 Å². The second-order valence-electron chi connectivity index (χ2n) is 6.37. The lowest BCUT2D eigenvalue weighted by molar-refractivity contribution is -0.166. The Balaban J connectivity index is 2.34. The number of allylic oxidation sites excluding steroid dienone is 12. The first-order valence-electron chi connectivity index (χ1n) is 9.15. The minimum absolute atomic E-state index is 0.00989. The summed E-state index contributed by atoms with van der Waals surface area (Å²) in [5, 5.41) is 0. The summed E-state index contributed by atoms with van der Waals surface area (Å²) < 4.78 is 50.7. The summed E-state index contributed by atoms with van der Waals surface area (Å²) in [4.78, 5) is 25.1. The molecule has 0 N–H and O–H groups in total. The summed E-state index contributed by atoms with van der Waals surface area (Å²) >= 11 is 0. The fourth-order valence-electron chi connectivity index (χ4n) is 3.42. The number of carbonyl (C=O) groups excluding carboxylic acids is 2. The Morgan fingerprint density at radius 1 is 1.00 bits per heavy atom. The van der Waals surface area contributed by atoms with Crippen molar-refractivity contribution in [2.24, 2.45) is 0 Å². The molecule has 0 spiro atoms. The maximum Gasteiger partial charge on any atom is 0.455 e. The summed E-state index contributed by atoms with van der Waals surface area (Å²) in [6, 6.07) is 0. The molecule has 0 unspecified atom stereocenters. The van der Waals surface area contributed by atoms with E-state index in [1.165, 1.54) is 6.08 Å². The van der Waals surface area contributed by atoms with Gasteiger partial charge in [0.1, 0.15) is 11.3 Å². The number of fused-ring (bicyclic) bond motifs is 4. The molecular formula is C22H19F3O4. The van der Waals surface area contributed by atoms with E-state index >= 15 is 0 Å². The lowest BCUT2D eigenvalue weighted by Crippen LogP contribution is -2.26. The van der Waals surface area contributed by atoms with Crippen LogP contribution in [0.4, 0.5) is 13.2 Å². The minimum atomic E-state index is -5.12. The molecule has 0 aromatic carbocycles. The van der Waals surface area contributed by atoms with E-state index in [4.69, 9.17) is 9.47 Å². The van der Waals surface area contributed by atoms with Gasteiger partial charge in [0.15, 0.2) is 0 Å². The molecule has 0 aliphatic heterocycles. The number of ketones is 1. The predicted molar refractivity (Wildman–Crippen MR) is 101 cm³/mol. The van der Waals surface area contributed by atoms with Crippen LogP contribution in [-0.4, -0.2) is 31.1 Å². The van der Waals surface area contributed by atoms with Gasteiger partial charge >= 0.3 is 12.1 Å². The van der Waals surface area contributed by atoms with E-state index in [1.807, 2.05) is 6.08 Å². The Bertz CT molecular complexity index is 967. The van der Waals surface area contributed by atoms with Crippen molar-refractivity contribution < 1.29 is 32.2 Å². The molecule has 0 fully saturated rings. The van der Waals surface area contributed by atoms with Gasteiger partial charge in [-0.1, -0.05) is 42.5 Å². The van der Waals surface area contributed by atoms with Crippen molar-refractivity contribution in [1.82, 2.24) is 0 Å². The van der Waals surface area contributed by atoms with E-state index in [1.54, 1.807) is 44.2 Å². The molecule has 0 saturated carbocycles. The van der Waals surface area contributed by atoms with Crippen LogP contribution in [0.5, 0.6) is 0 Å². The summed E-state index contributed by atoms with van der Waals surface area (Å²) in [5.74, 6) is -3.27. The van der Waals surface area contributed by atoms with Crippen molar-refractivity contribution in [3.8, 4) is 0 Å². The molecule has 0 atom stereocenters. The lowest BCUT2D eigenvalue weighted by Gasteiger charge is -2.16. The highest BCUT2D eigenvalue weighted by atomic mass is 19.4. The first kappa shape index (κ1) is 20.6. The van der Waals surface area contributed by atoms with Crippen LogP contribution in [0.1, 0.15) is 20.3 Å². The normalized spacial score (nSPS) is 18.3. The molecule has 0 aromatic rings. The first-order chi connectivity index (χ1) is 13.8. The number of ether oxygens (including phenoxy) is 2. The SMILES string of the molecule is CCOC(=O)C1=C2C3=CC=CC=C(C=CC=C2C(C(=O)C(F)(F)F)=C1OCC)C3. The summed E-state index contributed by atoms with van der Waals surface area (Å²) in [6.07, 6.45) is 7.12. The second-order valence-corrected chi connectivity index (χ2v) is 6.37. The van der Waals surface area contributed by atoms with Crippen molar-refractivity contribution in [2.75, 3.05) is 13.2 Å². The Morgan fingerprint density at radius 2 is 1.72 bits per heavy atom. The molecule has 0 amide bonds. The monoisotopic (exact) mass is 404 g/mol. The molecule has 0 radical (unpaired) electrons. The third kappa shape index (κ3) is 3.90. The number of alkyl halides is 3. The van der Waals surface area contributed by atoms with Gasteiger partial charge in [0, 0.05) is 5.57 Å². The number of rotatable bonds is 5. The third-order valence-electron chi connectivity index (χ3n) is 4.50. The van der Waals surface area contributed by atoms with Gasteiger partial charge in [-0.25, -0.2) is 4.79 Å². The molecular weight excluding hydrogens is 385 g/mol. The van der Waals surface area contributed by atoms with Gasteiger partial charge < -0.3 is 9.47 Å². The molecule has 3 aliphatic rings. The van der Waals surface area contributed by atoms with Crippen LogP contribution < -0.4 is 0 Å². The number of Topliss-reactive ketones (excluding diaryl/α,β-unsaturated/α-hetero) is 1. The standard InChI is InChI=1S/C22H19F3O4/c1-3-28-19-17(20(26)22(23,24)25)15-11-7-9-13-8-5-6-10-14(12-13)16(15)18(19)21(27)29-4-2/h5-11H,3-4,12H2,1-2H3. The largest absolute Gasteiger partial charge is 0.492 e. The Morgan fingerprint density at radius 3 is 2.38 bits per heavy atom. The van der Waals surface area contributed by atoms with Gasteiger partial charge in [0.25, 0.3) is 5.78 Å². The fourth-order valence-corrected chi connectivity index (χ4v) is 3.42.